The van der Waals surface area contributed by atoms with E-state index in [0.717, 1.165) is 11.9 Å². The van der Waals surface area contributed by atoms with E-state index in [9.17, 15) is 14.2 Å². The van der Waals surface area contributed by atoms with Crippen molar-refractivity contribution in [3.63, 3.8) is 0 Å². The maximum Gasteiger partial charge on any atom is 0.359 e. The molecular formula is C8H19N6O7P. The Bertz CT molecular complexity index is 491. The predicted molar refractivity (Wildman–Crippen MR) is 75.3 cm³/mol. The zero-order valence-corrected chi connectivity index (χ0v) is 12.7. The van der Waals surface area contributed by atoms with Crippen molar-refractivity contribution in [1.82, 2.24) is 9.80 Å². The number of guanidine groups is 2. The number of nitrogens with zero attached hydrogens (tertiary/aromatic N) is 2. The minimum atomic E-state index is -4.84. The highest BCUT2D eigenvalue weighted by Gasteiger charge is 2.40. The molecule has 22 heavy (non-hydrogen) atoms. The molecule has 14 heteroatoms. The van der Waals surface area contributed by atoms with Gasteiger partial charge in [0.2, 0.25) is 5.78 Å². The molecule has 0 fully saturated rings. The van der Waals surface area contributed by atoms with Crippen molar-refractivity contribution < 1.29 is 34.2 Å². The number of rotatable bonds is 5. The van der Waals surface area contributed by atoms with Gasteiger partial charge >= 0.3 is 19.5 Å². The van der Waals surface area contributed by atoms with E-state index in [2.05, 4.69) is 0 Å². The van der Waals surface area contributed by atoms with Gasteiger partial charge in [0.05, 0.1) is 0 Å². The molecule has 0 spiro atoms. The third-order valence-corrected chi connectivity index (χ3v) is 3.27. The fourth-order valence-electron chi connectivity index (χ4n) is 0.955. The lowest BCUT2D eigenvalue weighted by molar-refractivity contribution is -0.139. The van der Waals surface area contributed by atoms with Crippen molar-refractivity contribution in [3.05, 3.63) is 0 Å². The summed E-state index contributed by atoms with van der Waals surface area (Å²) >= 11 is 0. The molecule has 1 unspecified atom stereocenters. The summed E-state index contributed by atoms with van der Waals surface area (Å²) in [5.74, 6) is -5.79. The first kappa shape index (κ1) is 21.9. The number of hydrogen-bond donors (Lipinski definition) is 8. The summed E-state index contributed by atoms with van der Waals surface area (Å²) < 4.78 is 10.6. The van der Waals surface area contributed by atoms with E-state index in [1.165, 1.54) is 7.05 Å². The van der Waals surface area contributed by atoms with Crippen molar-refractivity contribution in [1.29, 1.82) is 10.8 Å². The van der Waals surface area contributed by atoms with Crippen molar-refractivity contribution >= 4 is 31.5 Å². The van der Waals surface area contributed by atoms with Crippen LogP contribution in [0.3, 0.4) is 0 Å². The molecule has 13 nitrogen and oxygen atoms in total. The van der Waals surface area contributed by atoms with Crippen LogP contribution in [0.2, 0.25) is 0 Å². The molecule has 0 amide bonds. The molecule has 0 aromatic carbocycles. The van der Waals surface area contributed by atoms with E-state index in [0.29, 0.717) is 4.90 Å². The quantitative estimate of drug-likeness (QED) is 0.145. The van der Waals surface area contributed by atoms with Crippen molar-refractivity contribution in [2.24, 2.45) is 11.5 Å². The Morgan fingerprint density at radius 1 is 1.14 bits per heavy atom. The zero-order valence-electron chi connectivity index (χ0n) is 11.8. The molecule has 128 valence electrons. The standard InChI is InChI=1S/C4H10N3O5P.C4H9N3O2/c1-7(4(5)6)2(3(8)9)13(10,11)12;1-7(4(5)6)2-3(8)9/h2H,1H3,(H3,5,6)(H,8,9)(H2,10,11,12);2H2,1H3,(H3,5,6)(H,8,9). The lowest BCUT2D eigenvalue weighted by atomic mass is 10.6. The summed E-state index contributed by atoms with van der Waals surface area (Å²) in [5, 5.41) is 30.1. The summed E-state index contributed by atoms with van der Waals surface area (Å²) in [6.45, 7) is -0.227. The molecule has 0 saturated heterocycles. The average molecular weight is 342 g/mol. The summed E-state index contributed by atoms with van der Waals surface area (Å²) in [5.41, 5.74) is 9.80. The number of likely N-dealkylation sites (N-methyl/N-ethyl adjacent to an activating group) is 2. The minimum Gasteiger partial charge on any atom is -0.480 e. The van der Waals surface area contributed by atoms with Gasteiger partial charge in [-0.1, -0.05) is 0 Å². The maximum atomic E-state index is 10.6. The van der Waals surface area contributed by atoms with Crippen LogP contribution in [-0.4, -0.2) is 80.1 Å². The molecule has 0 aliphatic carbocycles. The normalized spacial score (nSPS) is 11.5. The van der Waals surface area contributed by atoms with Gasteiger partial charge in [-0.05, 0) is 0 Å². The van der Waals surface area contributed by atoms with Gasteiger partial charge in [-0.15, -0.1) is 0 Å². The van der Waals surface area contributed by atoms with E-state index >= 15 is 0 Å². The molecule has 0 saturated carbocycles. The molecule has 0 aromatic rings. The lowest BCUT2D eigenvalue weighted by Crippen LogP contribution is -2.45. The van der Waals surface area contributed by atoms with E-state index < -0.39 is 31.3 Å². The highest BCUT2D eigenvalue weighted by Crippen LogP contribution is 2.42. The first-order chi connectivity index (χ1) is 9.71. The van der Waals surface area contributed by atoms with E-state index in [1.807, 2.05) is 0 Å². The van der Waals surface area contributed by atoms with Gasteiger partial charge in [0.25, 0.3) is 0 Å². The van der Waals surface area contributed by atoms with Gasteiger partial charge < -0.3 is 41.3 Å². The first-order valence-corrected chi connectivity index (χ1v) is 7.01. The third kappa shape index (κ3) is 8.73. The predicted octanol–water partition coefficient (Wildman–Crippen LogP) is -2.70. The van der Waals surface area contributed by atoms with Gasteiger partial charge in [0, 0.05) is 14.1 Å². The summed E-state index contributed by atoms with van der Waals surface area (Å²) in [4.78, 5) is 39.1. The van der Waals surface area contributed by atoms with Crippen LogP contribution < -0.4 is 11.5 Å². The Balaban J connectivity index is 0. The Labute approximate surface area is 125 Å². The summed E-state index contributed by atoms with van der Waals surface area (Å²) in [6, 6.07) is 0. The molecule has 10 N–H and O–H groups in total. The molecule has 0 bridgehead atoms. The number of aliphatic carboxylic acids is 2. The van der Waals surface area contributed by atoms with Crippen molar-refractivity contribution in [2.45, 2.75) is 5.78 Å². The number of carboxylic acid groups (broad SMARTS) is 2. The number of carbonyl (C=O) groups is 2. The molecular weight excluding hydrogens is 323 g/mol. The zero-order chi connectivity index (χ0) is 18.2. The second-order valence-corrected chi connectivity index (χ2v) is 5.60. The van der Waals surface area contributed by atoms with E-state index in [4.69, 9.17) is 42.3 Å². The van der Waals surface area contributed by atoms with E-state index in [1.54, 1.807) is 0 Å². The molecule has 0 heterocycles. The maximum absolute atomic E-state index is 10.6. The van der Waals surface area contributed by atoms with Crippen LogP contribution in [0.15, 0.2) is 0 Å². The Morgan fingerprint density at radius 2 is 1.55 bits per heavy atom. The lowest BCUT2D eigenvalue weighted by Gasteiger charge is -2.24. The number of nitrogens with one attached hydrogen (secondary N) is 2. The Hall–Kier alpha value is -2.37. The van der Waals surface area contributed by atoms with Gasteiger partial charge in [-0.2, -0.15) is 0 Å². The molecule has 0 rings (SSSR count). The fourth-order valence-corrected chi connectivity index (χ4v) is 1.82. The monoisotopic (exact) mass is 342 g/mol. The number of carboxylic acids is 2. The van der Waals surface area contributed by atoms with Gasteiger partial charge in [-0.3, -0.25) is 20.2 Å². The largest absolute Gasteiger partial charge is 0.480 e. The van der Waals surface area contributed by atoms with Crippen LogP contribution in [-0.2, 0) is 14.2 Å². The second kappa shape index (κ2) is 8.81. The number of hydrogen-bond acceptors (Lipinski definition) is 5. The topological polar surface area (TPSA) is 238 Å². The summed E-state index contributed by atoms with van der Waals surface area (Å²) in [7, 11) is -2.38. The summed E-state index contributed by atoms with van der Waals surface area (Å²) in [6.07, 6.45) is 0. The third-order valence-electron chi connectivity index (χ3n) is 2.07. The average Bonchev–Trinajstić information content (AvgIpc) is 2.25. The van der Waals surface area contributed by atoms with Gasteiger partial charge in [-0.25, -0.2) is 4.79 Å². The highest BCUT2D eigenvalue weighted by molar-refractivity contribution is 7.53. The smallest absolute Gasteiger partial charge is 0.359 e. The van der Waals surface area contributed by atoms with Crippen LogP contribution in [0, 0.1) is 10.8 Å². The van der Waals surface area contributed by atoms with Crippen molar-refractivity contribution in [3.8, 4) is 0 Å². The molecule has 0 aromatic heterocycles. The van der Waals surface area contributed by atoms with Crippen LogP contribution in [0.4, 0.5) is 0 Å². The van der Waals surface area contributed by atoms with Crippen LogP contribution in [0.25, 0.3) is 0 Å². The Morgan fingerprint density at radius 3 is 1.64 bits per heavy atom. The molecule has 1 atom stereocenters. The first-order valence-electron chi connectivity index (χ1n) is 5.33. The van der Waals surface area contributed by atoms with Gasteiger partial charge in [0.15, 0.2) is 11.9 Å². The van der Waals surface area contributed by atoms with Crippen molar-refractivity contribution in [2.75, 3.05) is 20.6 Å². The van der Waals surface area contributed by atoms with Crippen LogP contribution in [0.1, 0.15) is 0 Å². The molecule has 0 aliphatic rings. The van der Waals surface area contributed by atoms with Gasteiger partial charge in [0.1, 0.15) is 6.54 Å². The number of nitrogens with two attached hydrogens (primary N) is 2. The second-order valence-electron chi connectivity index (χ2n) is 3.93. The van der Waals surface area contributed by atoms with E-state index in [-0.39, 0.29) is 12.5 Å². The molecule has 0 aliphatic heterocycles. The SMILES string of the molecule is CN(C(=N)N)C(C(=O)O)P(=O)(O)O.CN(CC(=O)O)C(=N)N. The van der Waals surface area contributed by atoms with Crippen LogP contribution >= 0.6 is 7.60 Å². The van der Waals surface area contributed by atoms with Crippen LogP contribution in [0.5, 0.6) is 0 Å². The Kier molecular flexibility index (Phi) is 8.78. The minimum absolute atomic E-state index is 0.227. The highest BCUT2D eigenvalue weighted by atomic mass is 31.2. The fraction of sp³-hybridized carbons (Fsp3) is 0.500. The molecule has 0 radical (unpaired) electrons.